The normalized spacial score (nSPS) is 13.7. The average molecular weight is 425 g/mol. The van der Waals surface area contributed by atoms with Gasteiger partial charge < -0.3 is 19.7 Å². The Morgan fingerprint density at radius 3 is 2.39 bits per heavy atom. The van der Waals surface area contributed by atoms with Crippen LogP contribution in [0.5, 0.6) is 5.75 Å². The summed E-state index contributed by atoms with van der Waals surface area (Å²) in [6, 6.07) is 13.7. The van der Waals surface area contributed by atoms with Crippen LogP contribution in [-0.4, -0.2) is 38.2 Å². The van der Waals surface area contributed by atoms with Crippen molar-refractivity contribution < 1.29 is 19.1 Å². The summed E-state index contributed by atoms with van der Waals surface area (Å²) in [6.07, 6.45) is 3.73. The zero-order valence-corrected chi connectivity index (χ0v) is 18.6. The van der Waals surface area contributed by atoms with Gasteiger partial charge in [0.1, 0.15) is 5.75 Å². The van der Waals surface area contributed by atoms with E-state index in [0.717, 1.165) is 29.9 Å². The van der Waals surface area contributed by atoms with Gasteiger partial charge >= 0.3 is 5.97 Å². The van der Waals surface area contributed by atoms with Gasteiger partial charge in [0.05, 0.1) is 0 Å². The van der Waals surface area contributed by atoms with Crippen LogP contribution in [0.15, 0.2) is 42.5 Å². The zero-order valence-electron chi connectivity index (χ0n) is 18.6. The van der Waals surface area contributed by atoms with Crippen molar-refractivity contribution in [1.29, 1.82) is 0 Å². The molecule has 3 rings (SSSR count). The summed E-state index contributed by atoms with van der Waals surface area (Å²) in [5, 5.41) is 2.76. The number of nitrogens with one attached hydrogen (secondary N) is 1. The first kappa shape index (κ1) is 22.7. The van der Waals surface area contributed by atoms with Gasteiger partial charge in [0.2, 0.25) is 0 Å². The highest BCUT2D eigenvalue weighted by atomic mass is 16.6. The second kappa shape index (κ2) is 10.8. The summed E-state index contributed by atoms with van der Waals surface area (Å²) in [4.78, 5) is 26.5. The third-order valence-corrected chi connectivity index (χ3v) is 5.37. The molecule has 1 aliphatic rings. The van der Waals surface area contributed by atoms with E-state index in [1.54, 1.807) is 0 Å². The summed E-state index contributed by atoms with van der Waals surface area (Å²) in [5.41, 5.74) is 3.93. The quantitative estimate of drug-likeness (QED) is 0.624. The molecule has 0 aliphatic carbocycles. The largest absolute Gasteiger partial charge is 0.482 e. The smallest absolute Gasteiger partial charge is 0.344 e. The monoisotopic (exact) mass is 424 g/mol. The zero-order chi connectivity index (χ0) is 22.2. The Balaban J connectivity index is 1.43. The number of amides is 1. The predicted molar refractivity (Wildman–Crippen MR) is 123 cm³/mol. The van der Waals surface area contributed by atoms with Gasteiger partial charge in [0, 0.05) is 24.5 Å². The summed E-state index contributed by atoms with van der Waals surface area (Å²) in [7, 11) is 0. The van der Waals surface area contributed by atoms with Gasteiger partial charge in [-0.15, -0.1) is 0 Å². The van der Waals surface area contributed by atoms with Crippen LogP contribution in [0.2, 0.25) is 0 Å². The van der Waals surface area contributed by atoms with E-state index in [9.17, 15) is 9.59 Å². The van der Waals surface area contributed by atoms with Gasteiger partial charge in [-0.3, -0.25) is 4.79 Å². The number of benzene rings is 2. The minimum Gasteiger partial charge on any atom is -0.482 e. The first-order chi connectivity index (χ1) is 14.9. The summed E-state index contributed by atoms with van der Waals surface area (Å²) >= 11 is 0. The maximum Gasteiger partial charge on any atom is 0.344 e. The van der Waals surface area contributed by atoms with Crippen LogP contribution in [0.3, 0.4) is 0 Å². The van der Waals surface area contributed by atoms with Crippen molar-refractivity contribution >= 4 is 23.3 Å². The molecule has 0 spiro atoms. The van der Waals surface area contributed by atoms with Crippen molar-refractivity contribution in [1.82, 2.24) is 0 Å². The van der Waals surface area contributed by atoms with Gasteiger partial charge in [-0.25, -0.2) is 4.79 Å². The number of anilines is 2. The van der Waals surface area contributed by atoms with Crippen LogP contribution < -0.4 is 15.0 Å². The van der Waals surface area contributed by atoms with Crippen molar-refractivity contribution in [2.24, 2.45) is 0 Å². The molecule has 1 saturated heterocycles. The molecule has 6 nitrogen and oxygen atoms in total. The lowest BCUT2D eigenvalue weighted by Gasteiger charge is -2.28. The summed E-state index contributed by atoms with van der Waals surface area (Å²) < 4.78 is 10.7. The minimum atomic E-state index is -0.577. The average Bonchev–Trinajstić information content (AvgIpc) is 2.77. The highest BCUT2D eigenvalue weighted by Crippen LogP contribution is 2.27. The van der Waals surface area contributed by atoms with Gasteiger partial charge in [-0.05, 0) is 73.6 Å². The van der Waals surface area contributed by atoms with Gasteiger partial charge in [0.15, 0.2) is 13.2 Å². The van der Waals surface area contributed by atoms with Crippen LogP contribution >= 0.6 is 0 Å². The molecule has 0 aromatic heterocycles. The minimum absolute atomic E-state index is 0.235. The highest BCUT2D eigenvalue weighted by molar-refractivity contribution is 5.93. The Bertz CT molecular complexity index is 887. The van der Waals surface area contributed by atoms with E-state index in [0.29, 0.717) is 11.4 Å². The molecule has 0 atom stereocenters. The van der Waals surface area contributed by atoms with Crippen LogP contribution in [-0.2, 0) is 14.3 Å². The number of carbonyl (C=O) groups is 2. The molecule has 31 heavy (non-hydrogen) atoms. The van der Waals surface area contributed by atoms with E-state index in [-0.39, 0.29) is 25.0 Å². The molecule has 1 amide bonds. The molecular formula is C25H32N2O4. The topological polar surface area (TPSA) is 67.9 Å². The van der Waals surface area contributed by atoms with Crippen LogP contribution in [0.25, 0.3) is 0 Å². The number of hydrogen-bond acceptors (Lipinski definition) is 5. The fourth-order valence-corrected chi connectivity index (χ4v) is 3.67. The van der Waals surface area contributed by atoms with E-state index >= 15 is 0 Å². The Labute approximate surface area is 184 Å². The lowest BCUT2D eigenvalue weighted by Crippen LogP contribution is -2.29. The number of nitrogens with zero attached hydrogens (tertiary/aromatic N) is 1. The van der Waals surface area contributed by atoms with Crippen molar-refractivity contribution in [2.45, 2.75) is 46.0 Å². The molecule has 1 N–H and O–H groups in total. The lowest BCUT2D eigenvalue weighted by molar-refractivity contribution is -0.149. The Hall–Kier alpha value is -3.02. The van der Waals surface area contributed by atoms with E-state index in [1.165, 1.54) is 19.3 Å². The third-order valence-electron chi connectivity index (χ3n) is 5.37. The molecule has 0 unspecified atom stereocenters. The van der Waals surface area contributed by atoms with Crippen molar-refractivity contribution in [3.05, 3.63) is 53.6 Å². The molecule has 166 valence electrons. The third kappa shape index (κ3) is 6.74. The molecule has 6 heteroatoms. The first-order valence-corrected chi connectivity index (χ1v) is 11.0. The SMILES string of the molecule is Cc1ccc(C(C)C)c(OCC(=O)OCC(=O)Nc2ccc(N3CCCCC3)cc2)c1. The van der Waals surface area contributed by atoms with Crippen LogP contribution in [0.1, 0.15) is 50.2 Å². The molecule has 1 aliphatic heterocycles. The summed E-state index contributed by atoms with van der Waals surface area (Å²) in [6.45, 7) is 7.68. The number of aryl methyl sites for hydroxylation is 1. The fraction of sp³-hybridized carbons (Fsp3) is 0.440. The molecular weight excluding hydrogens is 392 g/mol. The van der Waals surface area contributed by atoms with E-state index < -0.39 is 5.97 Å². The molecule has 1 fully saturated rings. The summed E-state index contributed by atoms with van der Waals surface area (Å²) in [5.74, 6) is -0.00629. The number of carbonyl (C=O) groups excluding carboxylic acids is 2. The van der Waals surface area contributed by atoms with Crippen LogP contribution in [0, 0.1) is 6.92 Å². The maximum absolute atomic E-state index is 12.1. The van der Waals surface area contributed by atoms with Crippen LogP contribution in [0.4, 0.5) is 11.4 Å². The first-order valence-electron chi connectivity index (χ1n) is 11.0. The van der Waals surface area contributed by atoms with E-state index in [4.69, 9.17) is 9.47 Å². The molecule has 1 heterocycles. The van der Waals surface area contributed by atoms with E-state index in [1.807, 2.05) is 49.4 Å². The van der Waals surface area contributed by atoms with Crippen molar-refractivity contribution in [3.8, 4) is 5.75 Å². The Kier molecular flexibility index (Phi) is 7.93. The number of ether oxygens (including phenoxy) is 2. The fourth-order valence-electron chi connectivity index (χ4n) is 3.67. The Morgan fingerprint density at radius 1 is 1.00 bits per heavy atom. The number of piperidine rings is 1. The standard InChI is InChI=1S/C25H32N2O4/c1-18(2)22-12-7-19(3)15-23(22)30-17-25(29)31-16-24(28)26-20-8-10-21(11-9-20)27-13-5-4-6-14-27/h7-12,15,18H,4-6,13-14,16-17H2,1-3H3,(H,26,28). The molecule has 2 aromatic rings. The number of esters is 1. The van der Waals surface area contributed by atoms with Gasteiger partial charge in [-0.2, -0.15) is 0 Å². The maximum atomic E-state index is 12.1. The molecule has 0 radical (unpaired) electrons. The number of hydrogen-bond donors (Lipinski definition) is 1. The van der Waals surface area contributed by atoms with E-state index in [2.05, 4.69) is 24.1 Å². The van der Waals surface area contributed by atoms with Crippen molar-refractivity contribution in [3.63, 3.8) is 0 Å². The van der Waals surface area contributed by atoms with Crippen molar-refractivity contribution in [2.75, 3.05) is 36.5 Å². The number of rotatable bonds is 8. The lowest BCUT2D eigenvalue weighted by atomic mass is 10.0. The molecule has 2 aromatic carbocycles. The predicted octanol–water partition coefficient (Wildman–Crippen LogP) is 4.67. The second-order valence-electron chi connectivity index (χ2n) is 8.29. The Morgan fingerprint density at radius 2 is 1.71 bits per heavy atom. The van der Waals surface area contributed by atoms with Gasteiger partial charge in [-0.1, -0.05) is 26.0 Å². The highest BCUT2D eigenvalue weighted by Gasteiger charge is 2.13. The molecule has 0 bridgehead atoms. The second-order valence-corrected chi connectivity index (χ2v) is 8.29. The van der Waals surface area contributed by atoms with Gasteiger partial charge in [0.25, 0.3) is 5.91 Å². The molecule has 0 saturated carbocycles.